The third-order valence-corrected chi connectivity index (χ3v) is 5.54. The number of nitrogens with zero attached hydrogens (tertiary/aromatic N) is 4. The van der Waals surface area contributed by atoms with Crippen molar-refractivity contribution in [3.63, 3.8) is 0 Å². The van der Waals surface area contributed by atoms with Crippen LogP contribution in [0.15, 0.2) is 35.4 Å². The molecule has 0 aromatic carbocycles. The Hall–Kier alpha value is -3.57. The molecule has 9 nitrogen and oxygen atoms in total. The molecule has 0 spiro atoms. The number of carbonyl (C=O) groups excluding carboxylic acids is 2. The maximum atomic E-state index is 13.1. The van der Waals surface area contributed by atoms with Crippen LogP contribution >= 0.6 is 0 Å². The quantitative estimate of drug-likeness (QED) is 0.746. The van der Waals surface area contributed by atoms with Crippen molar-refractivity contribution in [2.24, 2.45) is 7.05 Å². The standard InChI is InChI=1S/C20H21F3N6O3/c1-11(20(21,22)23)24-18(31)13-3-4-15-17(25-13)29(12-5-8-28(15)9-12)19(32)26-14-10-27(2)7-6-16(14)30/h3-4,6-7,10-12H,5,8-9H2,1-2H3,(H,24,31)(H,26,32)/t11?,12-/m0/s1. The first-order valence-electron chi connectivity index (χ1n) is 9.94. The molecule has 4 heterocycles. The first-order valence-corrected chi connectivity index (χ1v) is 9.94. The molecule has 1 unspecified atom stereocenters. The minimum absolute atomic E-state index is 0.0786. The molecule has 0 saturated carbocycles. The predicted molar refractivity (Wildman–Crippen MR) is 111 cm³/mol. The summed E-state index contributed by atoms with van der Waals surface area (Å²) in [6.07, 6.45) is -0.926. The number of hydrogen-bond donors (Lipinski definition) is 2. The fourth-order valence-corrected chi connectivity index (χ4v) is 3.80. The van der Waals surface area contributed by atoms with Gasteiger partial charge in [0.15, 0.2) is 5.82 Å². The van der Waals surface area contributed by atoms with Crippen LogP contribution in [-0.2, 0) is 7.05 Å². The van der Waals surface area contributed by atoms with Gasteiger partial charge in [-0.05, 0) is 25.5 Å². The zero-order valence-corrected chi connectivity index (χ0v) is 17.3. The van der Waals surface area contributed by atoms with E-state index in [-0.39, 0.29) is 28.7 Å². The van der Waals surface area contributed by atoms with Crippen molar-refractivity contribution < 1.29 is 22.8 Å². The summed E-state index contributed by atoms with van der Waals surface area (Å²) in [4.78, 5) is 45.2. The van der Waals surface area contributed by atoms with E-state index in [1.54, 1.807) is 23.9 Å². The minimum atomic E-state index is -4.59. The predicted octanol–water partition coefficient (Wildman–Crippen LogP) is 2.09. The molecule has 2 bridgehead atoms. The van der Waals surface area contributed by atoms with Gasteiger partial charge in [0.25, 0.3) is 5.91 Å². The summed E-state index contributed by atoms with van der Waals surface area (Å²) >= 11 is 0. The third-order valence-electron chi connectivity index (χ3n) is 5.54. The molecule has 1 saturated heterocycles. The number of urea groups is 1. The lowest BCUT2D eigenvalue weighted by atomic mass is 10.1. The number of amides is 3. The summed E-state index contributed by atoms with van der Waals surface area (Å²) in [5, 5.41) is 4.47. The zero-order chi connectivity index (χ0) is 23.2. The number of carbonyl (C=O) groups is 2. The van der Waals surface area contributed by atoms with Crippen molar-refractivity contribution in [3.05, 3.63) is 46.5 Å². The molecule has 0 aliphatic carbocycles. The number of anilines is 3. The Morgan fingerprint density at radius 2 is 2.00 bits per heavy atom. The summed E-state index contributed by atoms with van der Waals surface area (Å²) in [5.41, 5.74) is 0.0601. The number of hydrogen-bond acceptors (Lipinski definition) is 5. The van der Waals surface area contributed by atoms with Crippen molar-refractivity contribution in [3.8, 4) is 0 Å². The molecule has 2 aliphatic rings. The van der Waals surface area contributed by atoms with E-state index in [1.165, 1.54) is 23.2 Å². The first-order chi connectivity index (χ1) is 15.0. The average Bonchev–Trinajstić information content (AvgIpc) is 3.14. The normalized spacial score (nSPS) is 18.2. The molecule has 2 aliphatic heterocycles. The zero-order valence-electron chi connectivity index (χ0n) is 17.3. The molecule has 0 radical (unpaired) electrons. The highest BCUT2D eigenvalue weighted by molar-refractivity contribution is 6.05. The maximum Gasteiger partial charge on any atom is 0.408 e. The van der Waals surface area contributed by atoms with Crippen LogP contribution in [0.4, 0.5) is 35.2 Å². The lowest BCUT2D eigenvalue weighted by Gasteiger charge is -2.35. The Bertz CT molecular complexity index is 1130. The van der Waals surface area contributed by atoms with Gasteiger partial charge in [0.2, 0.25) is 5.43 Å². The van der Waals surface area contributed by atoms with Gasteiger partial charge in [0, 0.05) is 38.6 Å². The van der Waals surface area contributed by atoms with Crippen molar-refractivity contribution >= 4 is 29.1 Å². The molecule has 32 heavy (non-hydrogen) atoms. The number of alkyl halides is 3. The van der Waals surface area contributed by atoms with Gasteiger partial charge in [-0.15, -0.1) is 0 Å². The van der Waals surface area contributed by atoms with Crippen molar-refractivity contribution in [2.75, 3.05) is 28.2 Å². The van der Waals surface area contributed by atoms with Crippen molar-refractivity contribution in [2.45, 2.75) is 31.6 Å². The Balaban J connectivity index is 1.65. The van der Waals surface area contributed by atoms with Gasteiger partial charge in [-0.1, -0.05) is 0 Å². The van der Waals surface area contributed by atoms with Gasteiger partial charge in [-0.2, -0.15) is 13.2 Å². The topological polar surface area (TPSA) is 99.6 Å². The fourth-order valence-electron chi connectivity index (χ4n) is 3.80. The average molecular weight is 450 g/mol. The smallest absolute Gasteiger partial charge is 0.366 e. The lowest BCUT2D eigenvalue weighted by molar-refractivity contribution is -0.149. The number of halogens is 3. The molecule has 170 valence electrons. The van der Waals surface area contributed by atoms with E-state index in [2.05, 4.69) is 10.3 Å². The lowest BCUT2D eigenvalue weighted by Crippen LogP contribution is -2.49. The van der Waals surface area contributed by atoms with Crippen LogP contribution in [0.1, 0.15) is 23.8 Å². The SMILES string of the molecule is CC(NC(=O)c1ccc2c(n1)N(C(=O)Nc1cn(C)ccc1=O)[C@H]1CCN2C1)C(F)(F)F. The molecule has 3 amide bonds. The molecule has 2 aromatic heterocycles. The van der Waals surface area contributed by atoms with Gasteiger partial charge in [-0.3, -0.25) is 14.5 Å². The van der Waals surface area contributed by atoms with E-state index in [1.807, 2.05) is 10.2 Å². The Kier molecular flexibility index (Phi) is 5.31. The van der Waals surface area contributed by atoms with E-state index in [0.29, 0.717) is 25.2 Å². The highest BCUT2D eigenvalue weighted by Crippen LogP contribution is 2.39. The Labute approximate surface area is 180 Å². The number of nitrogens with one attached hydrogen (secondary N) is 2. The second kappa shape index (κ2) is 7.84. The molecule has 12 heteroatoms. The van der Waals surface area contributed by atoms with Crippen molar-refractivity contribution in [1.29, 1.82) is 0 Å². The molecular formula is C20H21F3N6O3. The largest absolute Gasteiger partial charge is 0.408 e. The summed E-state index contributed by atoms with van der Waals surface area (Å²) < 4.78 is 40.1. The van der Waals surface area contributed by atoms with Crippen LogP contribution < -0.4 is 25.9 Å². The van der Waals surface area contributed by atoms with E-state index < -0.39 is 24.2 Å². The van der Waals surface area contributed by atoms with Crippen LogP contribution in [0.5, 0.6) is 0 Å². The van der Waals surface area contributed by atoms with E-state index in [4.69, 9.17) is 0 Å². The van der Waals surface area contributed by atoms with Gasteiger partial charge in [0.05, 0.1) is 11.7 Å². The van der Waals surface area contributed by atoms with E-state index in [0.717, 1.165) is 6.92 Å². The fraction of sp³-hybridized carbons (Fsp3) is 0.400. The van der Waals surface area contributed by atoms with E-state index in [9.17, 15) is 27.6 Å². The third kappa shape index (κ3) is 3.99. The second-order valence-corrected chi connectivity index (χ2v) is 7.85. The molecule has 4 rings (SSSR count). The number of pyridine rings is 2. The Morgan fingerprint density at radius 1 is 1.25 bits per heavy atom. The van der Waals surface area contributed by atoms with Crippen LogP contribution in [0.3, 0.4) is 0 Å². The summed E-state index contributed by atoms with van der Waals surface area (Å²) in [6.45, 7) is 2.04. The number of aryl methyl sites for hydroxylation is 1. The van der Waals surface area contributed by atoms with Crippen LogP contribution in [0, 0.1) is 0 Å². The van der Waals surface area contributed by atoms with Crippen LogP contribution in [0.2, 0.25) is 0 Å². The van der Waals surface area contributed by atoms with E-state index >= 15 is 0 Å². The van der Waals surface area contributed by atoms with Gasteiger partial charge < -0.3 is 20.1 Å². The Morgan fingerprint density at radius 3 is 2.72 bits per heavy atom. The number of fused-ring (bicyclic) bond motifs is 4. The molecule has 2 aromatic rings. The van der Waals surface area contributed by atoms with Crippen molar-refractivity contribution in [1.82, 2.24) is 14.9 Å². The molecule has 2 N–H and O–H groups in total. The number of aromatic nitrogens is 2. The molecule has 2 atom stereocenters. The summed E-state index contributed by atoms with van der Waals surface area (Å²) in [6, 6.07) is 1.31. The van der Waals surface area contributed by atoms with Gasteiger partial charge in [-0.25, -0.2) is 9.78 Å². The molecule has 1 fully saturated rings. The second-order valence-electron chi connectivity index (χ2n) is 7.85. The van der Waals surface area contributed by atoms with Crippen LogP contribution in [0.25, 0.3) is 0 Å². The van der Waals surface area contributed by atoms with Crippen LogP contribution in [-0.4, -0.2) is 52.8 Å². The number of rotatable bonds is 3. The highest BCUT2D eigenvalue weighted by atomic mass is 19.4. The monoisotopic (exact) mass is 450 g/mol. The maximum absolute atomic E-state index is 13.1. The summed E-state index contributed by atoms with van der Waals surface area (Å²) in [7, 11) is 1.70. The van der Waals surface area contributed by atoms with Gasteiger partial charge in [0.1, 0.15) is 17.4 Å². The highest BCUT2D eigenvalue weighted by Gasteiger charge is 2.41. The molecular weight excluding hydrogens is 429 g/mol. The summed E-state index contributed by atoms with van der Waals surface area (Å²) in [5.74, 6) is -0.834. The first kappa shape index (κ1) is 21.7. The van der Waals surface area contributed by atoms with Gasteiger partial charge >= 0.3 is 12.2 Å². The minimum Gasteiger partial charge on any atom is -0.366 e.